The van der Waals surface area contributed by atoms with Crippen molar-refractivity contribution in [3.63, 3.8) is 0 Å². The number of hydrogen-bond donors (Lipinski definition) is 0. The summed E-state index contributed by atoms with van der Waals surface area (Å²) < 4.78 is 13.0. The van der Waals surface area contributed by atoms with Crippen molar-refractivity contribution < 1.29 is 4.39 Å². The molecule has 0 unspecified atom stereocenters. The van der Waals surface area contributed by atoms with Crippen molar-refractivity contribution in [2.75, 3.05) is 0 Å². The monoisotopic (exact) mass is 172 g/mol. The van der Waals surface area contributed by atoms with Crippen LogP contribution in [0.25, 0.3) is 0 Å². The zero-order valence-electron chi connectivity index (χ0n) is 6.40. The summed E-state index contributed by atoms with van der Waals surface area (Å²) in [6.07, 6.45) is 1.63. The fraction of sp³-hybridized carbons (Fsp3) is 0.333. The van der Waals surface area contributed by atoms with Crippen molar-refractivity contribution >= 4 is 11.6 Å². The predicted octanol–water partition coefficient (Wildman–Crippen LogP) is 3.43. The van der Waals surface area contributed by atoms with Gasteiger partial charge in [-0.25, -0.2) is 4.39 Å². The first-order valence-corrected chi connectivity index (χ1v) is 4.06. The lowest BCUT2D eigenvalue weighted by Gasteiger charge is -2.02. The van der Waals surface area contributed by atoms with Crippen molar-refractivity contribution in [3.8, 4) is 0 Å². The van der Waals surface area contributed by atoms with E-state index in [1.807, 2.05) is 6.92 Å². The molecule has 0 aliphatic heterocycles. The number of hydrogen-bond acceptors (Lipinski definition) is 0. The molecule has 0 spiro atoms. The van der Waals surface area contributed by atoms with Gasteiger partial charge in [-0.15, -0.1) is 0 Å². The Kier molecular flexibility index (Phi) is 2.89. The lowest BCUT2D eigenvalue weighted by Crippen LogP contribution is -1.89. The van der Waals surface area contributed by atoms with Crippen LogP contribution in [-0.4, -0.2) is 0 Å². The lowest BCUT2D eigenvalue weighted by molar-refractivity contribution is 0.607. The fourth-order valence-corrected chi connectivity index (χ4v) is 1.28. The summed E-state index contributed by atoms with van der Waals surface area (Å²) in [6, 6.07) is 4.78. The third-order valence-corrected chi connectivity index (χ3v) is 1.92. The second-order valence-electron chi connectivity index (χ2n) is 2.45. The van der Waals surface area contributed by atoms with Gasteiger partial charge < -0.3 is 0 Å². The molecule has 0 bridgehead atoms. The molecule has 0 heterocycles. The highest BCUT2D eigenvalue weighted by molar-refractivity contribution is 6.31. The number of rotatable bonds is 2. The van der Waals surface area contributed by atoms with E-state index in [9.17, 15) is 4.39 Å². The largest absolute Gasteiger partial charge is 0.207 e. The predicted molar refractivity (Wildman–Crippen MR) is 45.4 cm³/mol. The third kappa shape index (κ3) is 1.93. The average Bonchev–Trinajstić information content (AvgIpc) is 1.97. The highest BCUT2D eigenvalue weighted by Gasteiger charge is 2.03. The summed E-state index contributed by atoms with van der Waals surface area (Å²) in [5.41, 5.74) is 0.636. The molecule has 0 nitrogen and oxygen atoms in total. The molecule has 0 aromatic heterocycles. The molecule has 0 aliphatic rings. The zero-order valence-corrected chi connectivity index (χ0v) is 7.16. The maximum Gasteiger partial charge on any atom is 0.127 e. The summed E-state index contributed by atoms with van der Waals surface area (Å²) in [7, 11) is 0. The molecular formula is C9H10ClF. The summed E-state index contributed by atoms with van der Waals surface area (Å²) in [5, 5.41) is 0.534. The van der Waals surface area contributed by atoms with Crippen LogP contribution in [0.15, 0.2) is 18.2 Å². The van der Waals surface area contributed by atoms with E-state index >= 15 is 0 Å². The van der Waals surface area contributed by atoms with Crippen LogP contribution in [0.5, 0.6) is 0 Å². The Balaban J connectivity index is 3.00. The quantitative estimate of drug-likeness (QED) is 0.641. The summed E-state index contributed by atoms with van der Waals surface area (Å²) in [4.78, 5) is 0. The smallest absolute Gasteiger partial charge is 0.127 e. The van der Waals surface area contributed by atoms with Crippen LogP contribution in [0.4, 0.5) is 4.39 Å². The van der Waals surface area contributed by atoms with Crippen molar-refractivity contribution in [2.45, 2.75) is 19.8 Å². The molecule has 0 saturated heterocycles. The van der Waals surface area contributed by atoms with Gasteiger partial charge in [0.25, 0.3) is 0 Å². The van der Waals surface area contributed by atoms with Crippen LogP contribution < -0.4 is 0 Å². The van der Waals surface area contributed by atoms with Gasteiger partial charge in [-0.1, -0.05) is 31.0 Å². The first-order valence-electron chi connectivity index (χ1n) is 3.68. The van der Waals surface area contributed by atoms with Gasteiger partial charge in [-0.3, -0.25) is 0 Å². The molecule has 0 saturated carbocycles. The van der Waals surface area contributed by atoms with Crippen molar-refractivity contribution in [1.82, 2.24) is 0 Å². The van der Waals surface area contributed by atoms with Gasteiger partial charge in [0.1, 0.15) is 5.82 Å². The van der Waals surface area contributed by atoms with Gasteiger partial charge >= 0.3 is 0 Å². The number of halogens is 2. The van der Waals surface area contributed by atoms with E-state index in [4.69, 9.17) is 11.6 Å². The summed E-state index contributed by atoms with van der Waals surface area (Å²) >= 11 is 5.77. The second kappa shape index (κ2) is 3.72. The van der Waals surface area contributed by atoms with Crippen LogP contribution in [0, 0.1) is 5.82 Å². The molecule has 0 radical (unpaired) electrons. The van der Waals surface area contributed by atoms with E-state index in [-0.39, 0.29) is 5.82 Å². The molecule has 60 valence electrons. The van der Waals surface area contributed by atoms with Gasteiger partial charge in [0.15, 0.2) is 0 Å². The van der Waals surface area contributed by atoms with Crippen LogP contribution >= 0.6 is 11.6 Å². The Morgan fingerprint density at radius 3 is 2.73 bits per heavy atom. The zero-order chi connectivity index (χ0) is 8.27. The van der Waals surface area contributed by atoms with Crippen molar-refractivity contribution in [2.24, 2.45) is 0 Å². The average molecular weight is 173 g/mol. The fourth-order valence-electron chi connectivity index (χ4n) is 1.02. The van der Waals surface area contributed by atoms with Crippen molar-refractivity contribution in [1.29, 1.82) is 0 Å². The molecular weight excluding hydrogens is 163 g/mol. The minimum atomic E-state index is -0.195. The van der Waals surface area contributed by atoms with Crippen LogP contribution in [0.3, 0.4) is 0 Å². The SMILES string of the molecule is CCCc1c(F)cccc1Cl. The first-order chi connectivity index (χ1) is 5.25. The third-order valence-electron chi connectivity index (χ3n) is 1.56. The molecule has 11 heavy (non-hydrogen) atoms. The summed E-state index contributed by atoms with van der Waals surface area (Å²) in [6.45, 7) is 2.00. The Hall–Kier alpha value is -0.560. The molecule has 0 aliphatic carbocycles. The van der Waals surface area contributed by atoms with Crippen molar-refractivity contribution in [3.05, 3.63) is 34.6 Å². The Morgan fingerprint density at radius 1 is 1.45 bits per heavy atom. The maximum atomic E-state index is 13.0. The molecule has 0 fully saturated rings. The van der Waals surface area contributed by atoms with Crippen LogP contribution in [0.1, 0.15) is 18.9 Å². The van der Waals surface area contributed by atoms with Gasteiger partial charge in [0.05, 0.1) is 0 Å². The van der Waals surface area contributed by atoms with E-state index in [0.29, 0.717) is 17.0 Å². The van der Waals surface area contributed by atoms with E-state index in [2.05, 4.69) is 0 Å². The molecule has 0 N–H and O–H groups in total. The molecule has 1 aromatic rings. The van der Waals surface area contributed by atoms with Crippen LogP contribution in [0.2, 0.25) is 5.02 Å². The molecule has 0 atom stereocenters. The second-order valence-corrected chi connectivity index (χ2v) is 2.86. The molecule has 1 rings (SSSR count). The van der Waals surface area contributed by atoms with Gasteiger partial charge in [-0.2, -0.15) is 0 Å². The molecule has 1 aromatic carbocycles. The molecule has 2 heteroatoms. The normalized spacial score (nSPS) is 10.1. The highest BCUT2D eigenvalue weighted by atomic mass is 35.5. The Bertz CT molecular complexity index is 225. The van der Waals surface area contributed by atoms with E-state index in [0.717, 1.165) is 6.42 Å². The first kappa shape index (κ1) is 8.54. The highest BCUT2D eigenvalue weighted by Crippen LogP contribution is 2.19. The minimum absolute atomic E-state index is 0.195. The van der Waals surface area contributed by atoms with E-state index < -0.39 is 0 Å². The number of benzene rings is 1. The Labute approximate surface area is 71.0 Å². The topological polar surface area (TPSA) is 0 Å². The van der Waals surface area contributed by atoms with E-state index in [1.165, 1.54) is 6.07 Å². The maximum absolute atomic E-state index is 13.0. The van der Waals surface area contributed by atoms with E-state index in [1.54, 1.807) is 12.1 Å². The van der Waals surface area contributed by atoms with Gasteiger partial charge in [-0.05, 0) is 18.6 Å². The van der Waals surface area contributed by atoms with Crippen LogP contribution in [-0.2, 0) is 6.42 Å². The standard InChI is InChI=1S/C9H10ClF/c1-2-4-7-8(10)5-3-6-9(7)11/h3,5-6H,2,4H2,1H3. The van der Waals surface area contributed by atoms with Gasteiger partial charge in [0, 0.05) is 10.6 Å². The molecule has 0 amide bonds. The Morgan fingerprint density at radius 2 is 2.18 bits per heavy atom. The van der Waals surface area contributed by atoms with Gasteiger partial charge in [0.2, 0.25) is 0 Å². The minimum Gasteiger partial charge on any atom is -0.207 e. The lowest BCUT2D eigenvalue weighted by atomic mass is 10.1. The summed E-state index contributed by atoms with van der Waals surface area (Å²) in [5.74, 6) is -0.195.